The van der Waals surface area contributed by atoms with E-state index in [1.807, 2.05) is 31.3 Å². The lowest BCUT2D eigenvalue weighted by Gasteiger charge is -2.26. The lowest BCUT2D eigenvalue weighted by atomic mass is 10.2. The van der Waals surface area contributed by atoms with E-state index in [-0.39, 0.29) is 12.5 Å². The number of carbonyl (C=O) groups is 2. The zero-order chi connectivity index (χ0) is 17.4. The Morgan fingerprint density at radius 1 is 1.20 bits per heavy atom. The highest BCUT2D eigenvalue weighted by Crippen LogP contribution is 2.34. The fourth-order valence-electron chi connectivity index (χ4n) is 3.13. The minimum absolute atomic E-state index is 0.178. The second kappa shape index (κ2) is 6.50. The van der Waals surface area contributed by atoms with Crippen molar-refractivity contribution >= 4 is 44.3 Å². The van der Waals surface area contributed by atoms with Crippen LogP contribution < -0.4 is 0 Å². The summed E-state index contributed by atoms with van der Waals surface area (Å²) in [5, 5.41) is 2.15. The van der Waals surface area contributed by atoms with Gasteiger partial charge in [-0.25, -0.2) is 4.79 Å². The molecule has 1 fully saturated rings. The van der Waals surface area contributed by atoms with Crippen LogP contribution >= 0.6 is 11.3 Å². The summed E-state index contributed by atoms with van der Waals surface area (Å²) in [4.78, 5) is 27.6. The summed E-state index contributed by atoms with van der Waals surface area (Å²) in [6.07, 6.45) is 0. The van der Waals surface area contributed by atoms with Crippen molar-refractivity contribution in [2.45, 2.75) is 0 Å². The first-order chi connectivity index (χ1) is 12.1. The first kappa shape index (κ1) is 16.1. The molecule has 4 rings (SSSR count). The molecule has 7 heteroatoms. The minimum atomic E-state index is -0.452. The SMILES string of the molecule is Cn1c2ccccc2c2cc(C(=O)OCC(=O)N3CCOCC3)sc21. The highest BCUT2D eigenvalue weighted by atomic mass is 32.1. The number of amides is 1. The molecule has 0 saturated carbocycles. The van der Waals surface area contributed by atoms with E-state index >= 15 is 0 Å². The van der Waals surface area contributed by atoms with Gasteiger partial charge in [-0.3, -0.25) is 4.79 Å². The summed E-state index contributed by atoms with van der Waals surface area (Å²) in [7, 11) is 1.98. The lowest BCUT2D eigenvalue weighted by molar-refractivity contribution is -0.138. The van der Waals surface area contributed by atoms with E-state index in [1.54, 1.807) is 4.90 Å². The number of fused-ring (bicyclic) bond motifs is 3. The van der Waals surface area contributed by atoms with E-state index in [0.29, 0.717) is 31.2 Å². The van der Waals surface area contributed by atoms with E-state index in [9.17, 15) is 9.59 Å². The monoisotopic (exact) mass is 358 g/mol. The van der Waals surface area contributed by atoms with Crippen LogP contribution in [0.15, 0.2) is 30.3 Å². The number of thiophene rings is 1. The van der Waals surface area contributed by atoms with E-state index < -0.39 is 5.97 Å². The molecular formula is C18H18N2O4S. The number of morpholine rings is 1. The van der Waals surface area contributed by atoms with Gasteiger partial charge in [0.1, 0.15) is 9.71 Å². The van der Waals surface area contributed by atoms with Gasteiger partial charge in [-0.05, 0) is 12.1 Å². The zero-order valence-corrected chi connectivity index (χ0v) is 14.7. The number of ether oxygens (including phenoxy) is 2. The third kappa shape index (κ3) is 2.89. The second-order valence-electron chi connectivity index (χ2n) is 5.97. The second-order valence-corrected chi connectivity index (χ2v) is 7.01. The maximum absolute atomic E-state index is 12.3. The predicted octanol–water partition coefficient (Wildman–Crippen LogP) is 2.41. The topological polar surface area (TPSA) is 60.8 Å². The van der Waals surface area contributed by atoms with Crippen molar-refractivity contribution in [3.63, 3.8) is 0 Å². The summed E-state index contributed by atoms with van der Waals surface area (Å²) in [5.74, 6) is -0.630. The standard InChI is InChI=1S/C18H18N2O4S/c1-19-14-5-3-2-4-12(14)13-10-15(25-17(13)19)18(22)24-11-16(21)20-6-8-23-9-7-20/h2-5,10H,6-9,11H2,1H3. The molecule has 0 spiro atoms. The van der Waals surface area contributed by atoms with Crippen molar-refractivity contribution in [3.05, 3.63) is 35.2 Å². The van der Waals surface area contributed by atoms with Gasteiger partial charge in [0, 0.05) is 36.4 Å². The number of benzene rings is 1. The summed E-state index contributed by atoms with van der Waals surface area (Å²) in [5.41, 5.74) is 1.13. The summed E-state index contributed by atoms with van der Waals surface area (Å²) in [6.45, 7) is 1.93. The molecule has 3 heterocycles. The molecule has 0 aliphatic carbocycles. The van der Waals surface area contributed by atoms with Crippen LogP contribution in [-0.2, 0) is 21.3 Å². The summed E-state index contributed by atoms with van der Waals surface area (Å²) in [6, 6.07) is 9.93. The summed E-state index contributed by atoms with van der Waals surface area (Å²) >= 11 is 1.39. The maximum Gasteiger partial charge on any atom is 0.348 e. The smallest absolute Gasteiger partial charge is 0.348 e. The Morgan fingerprint density at radius 3 is 2.76 bits per heavy atom. The number of esters is 1. The highest BCUT2D eigenvalue weighted by molar-refractivity contribution is 7.20. The molecule has 25 heavy (non-hydrogen) atoms. The van der Waals surface area contributed by atoms with Crippen molar-refractivity contribution in [3.8, 4) is 0 Å². The number of hydrogen-bond acceptors (Lipinski definition) is 5. The predicted molar refractivity (Wildman–Crippen MR) is 96.0 cm³/mol. The Hall–Kier alpha value is -2.38. The molecule has 0 radical (unpaired) electrons. The molecule has 2 aromatic heterocycles. The van der Waals surface area contributed by atoms with E-state index in [4.69, 9.17) is 9.47 Å². The first-order valence-electron chi connectivity index (χ1n) is 8.15. The third-order valence-electron chi connectivity index (χ3n) is 4.46. The number of carbonyl (C=O) groups excluding carboxylic acids is 2. The van der Waals surface area contributed by atoms with Crippen molar-refractivity contribution < 1.29 is 19.1 Å². The van der Waals surface area contributed by atoms with Crippen LogP contribution in [-0.4, -0.2) is 54.3 Å². The van der Waals surface area contributed by atoms with Crippen LogP contribution in [0.1, 0.15) is 9.67 Å². The average Bonchev–Trinajstić information content (AvgIpc) is 3.20. The lowest BCUT2D eigenvalue weighted by Crippen LogP contribution is -2.42. The van der Waals surface area contributed by atoms with Gasteiger partial charge in [-0.1, -0.05) is 18.2 Å². The molecule has 1 aromatic carbocycles. The van der Waals surface area contributed by atoms with Gasteiger partial charge in [-0.15, -0.1) is 11.3 Å². The molecule has 0 bridgehead atoms. The number of para-hydroxylation sites is 1. The van der Waals surface area contributed by atoms with Crippen LogP contribution in [0.25, 0.3) is 21.1 Å². The van der Waals surface area contributed by atoms with Gasteiger partial charge in [-0.2, -0.15) is 0 Å². The Kier molecular flexibility index (Phi) is 4.19. The van der Waals surface area contributed by atoms with Gasteiger partial charge in [0.05, 0.1) is 13.2 Å². The van der Waals surface area contributed by atoms with Gasteiger partial charge in [0.25, 0.3) is 5.91 Å². The average molecular weight is 358 g/mol. The fraction of sp³-hybridized carbons (Fsp3) is 0.333. The minimum Gasteiger partial charge on any atom is -0.451 e. The molecule has 1 aliphatic heterocycles. The quantitative estimate of drug-likeness (QED) is 0.675. The normalized spacial score (nSPS) is 15.0. The van der Waals surface area contributed by atoms with Crippen LogP contribution in [0.2, 0.25) is 0 Å². The van der Waals surface area contributed by atoms with E-state index in [2.05, 4.69) is 10.6 Å². The molecule has 1 aliphatic rings. The van der Waals surface area contributed by atoms with Gasteiger partial charge in [0.15, 0.2) is 6.61 Å². The van der Waals surface area contributed by atoms with E-state index in [0.717, 1.165) is 21.1 Å². The molecule has 1 saturated heterocycles. The Balaban J connectivity index is 1.50. The van der Waals surface area contributed by atoms with Gasteiger partial charge < -0.3 is 18.9 Å². The largest absolute Gasteiger partial charge is 0.451 e. The van der Waals surface area contributed by atoms with Crippen LogP contribution in [0.4, 0.5) is 0 Å². The molecular weight excluding hydrogens is 340 g/mol. The number of aryl methyl sites for hydroxylation is 1. The van der Waals surface area contributed by atoms with Crippen LogP contribution in [0, 0.1) is 0 Å². The maximum atomic E-state index is 12.3. The van der Waals surface area contributed by atoms with Crippen LogP contribution in [0.5, 0.6) is 0 Å². The molecule has 1 amide bonds. The van der Waals surface area contributed by atoms with Gasteiger partial charge in [0.2, 0.25) is 0 Å². The van der Waals surface area contributed by atoms with E-state index in [1.165, 1.54) is 11.3 Å². The van der Waals surface area contributed by atoms with Crippen molar-refractivity contribution in [1.29, 1.82) is 0 Å². The highest BCUT2D eigenvalue weighted by Gasteiger charge is 2.21. The molecule has 130 valence electrons. The number of hydrogen-bond donors (Lipinski definition) is 0. The van der Waals surface area contributed by atoms with Crippen molar-refractivity contribution in [2.24, 2.45) is 7.05 Å². The third-order valence-corrected chi connectivity index (χ3v) is 5.66. The number of nitrogens with zero attached hydrogens (tertiary/aromatic N) is 2. The Morgan fingerprint density at radius 2 is 1.96 bits per heavy atom. The van der Waals surface area contributed by atoms with Gasteiger partial charge >= 0.3 is 5.97 Å². The molecule has 0 atom stereocenters. The van der Waals surface area contributed by atoms with Crippen LogP contribution in [0.3, 0.4) is 0 Å². The number of rotatable bonds is 3. The molecule has 3 aromatic rings. The molecule has 0 N–H and O–H groups in total. The fourth-order valence-corrected chi connectivity index (χ4v) is 4.17. The van der Waals surface area contributed by atoms with Crippen molar-refractivity contribution in [2.75, 3.05) is 32.9 Å². The van der Waals surface area contributed by atoms with Crippen molar-refractivity contribution in [1.82, 2.24) is 9.47 Å². The zero-order valence-electron chi connectivity index (χ0n) is 13.9. The Labute approximate surface area is 148 Å². The molecule has 0 unspecified atom stereocenters. The number of aromatic nitrogens is 1. The molecule has 6 nitrogen and oxygen atoms in total. The first-order valence-corrected chi connectivity index (χ1v) is 8.96. The summed E-state index contributed by atoms with van der Waals surface area (Å²) < 4.78 is 12.5. The Bertz CT molecular complexity index is 953.